The number of methoxy groups -OCH3 is 1. The molecule has 4 nitrogen and oxygen atoms in total. The Morgan fingerprint density at radius 3 is 3.06 bits per heavy atom. The topological polar surface area (TPSA) is 55.0 Å². The fourth-order valence-corrected chi connectivity index (χ4v) is 1.39. The molecular weight excluding hydrogens is 204 g/mol. The first-order valence-corrected chi connectivity index (χ1v) is 4.75. The van der Waals surface area contributed by atoms with Gasteiger partial charge in [0.2, 0.25) is 0 Å². The van der Waals surface area contributed by atoms with Crippen LogP contribution < -0.4 is 0 Å². The van der Waals surface area contributed by atoms with Gasteiger partial charge in [-0.05, 0) is 25.1 Å². The lowest BCUT2D eigenvalue weighted by atomic mass is 10.2. The molecule has 0 amide bonds. The molecule has 0 spiro atoms. The standard InChI is InChI=1S/C12H10N2O2/c1-8-13-10-5-3-9(7-11(10)14-8)4-6-12(15)16-2/h3,5,7H,1-2H3,(H,13,14). The van der Waals surface area contributed by atoms with Crippen molar-refractivity contribution in [1.29, 1.82) is 0 Å². The van der Waals surface area contributed by atoms with Crippen molar-refractivity contribution < 1.29 is 9.53 Å². The zero-order chi connectivity index (χ0) is 11.5. The monoisotopic (exact) mass is 214 g/mol. The van der Waals surface area contributed by atoms with Crippen molar-refractivity contribution in [2.24, 2.45) is 0 Å². The van der Waals surface area contributed by atoms with Crippen LogP contribution in [0.4, 0.5) is 0 Å². The zero-order valence-corrected chi connectivity index (χ0v) is 9.00. The number of H-pyrrole nitrogens is 1. The predicted molar refractivity (Wildman–Crippen MR) is 59.7 cm³/mol. The van der Waals surface area contributed by atoms with Crippen molar-refractivity contribution in [1.82, 2.24) is 9.97 Å². The number of nitrogens with one attached hydrogen (secondary N) is 1. The minimum absolute atomic E-state index is 0.541. The minimum Gasteiger partial charge on any atom is -0.459 e. The molecule has 1 aromatic heterocycles. The highest BCUT2D eigenvalue weighted by molar-refractivity contribution is 5.89. The number of rotatable bonds is 0. The molecule has 16 heavy (non-hydrogen) atoms. The Morgan fingerprint density at radius 1 is 1.50 bits per heavy atom. The van der Waals surface area contributed by atoms with Crippen LogP contribution in [-0.4, -0.2) is 23.0 Å². The third-order valence-corrected chi connectivity index (χ3v) is 2.09. The van der Waals surface area contributed by atoms with E-state index in [-0.39, 0.29) is 0 Å². The lowest BCUT2D eigenvalue weighted by Gasteiger charge is -1.90. The number of aryl methyl sites for hydroxylation is 1. The highest BCUT2D eigenvalue weighted by atomic mass is 16.5. The number of imidazole rings is 1. The molecule has 0 aliphatic rings. The van der Waals surface area contributed by atoms with E-state index in [0.29, 0.717) is 0 Å². The van der Waals surface area contributed by atoms with Crippen LogP contribution >= 0.6 is 0 Å². The summed E-state index contributed by atoms with van der Waals surface area (Å²) in [6.07, 6.45) is 0. The van der Waals surface area contributed by atoms with Crippen LogP contribution in [0.1, 0.15) is 11.4 Å². The fourth-order valence-electron chi connectivity index (χ4n) is 1.39. The normalized spacial score (nSPS) is 9.62. The maximum atomic E-state index is 10.8. The SMILES string of the molecule is COC(=O)C#Cc1ccc2nc(C)[nH]c2c1. The van der Waals surface area contributed by atoms with Crippen LogP contribution in [0.25, 0.3) is 11.0 Å². The molecule has 1 N–H and O–H groups in total. The molecule has 4 heteroatoms. The van der Waals surface area contributed by atoms with Gasteiger partial charge in [0.15, 0.2) is 0 Å². The minimum atomic E-state index is -0.541. The molecule has 0 radical (unpaired) electrons. The largest absolute Gasteiger partial charge is 0.459 e. The molecule has 80 valence electrons. The van der Waals surface area contributed by atoms with E-state index < -0.39 is 5.97 Å². The number of fused-ring (bicyclic) bond motifs is 1. The van der Waals surface area contributed by atoms with Crippen molar-refractivity contribution in [3.63, 3.8) is 0 Å². The smallest absolute Gasteiger partial charge is 0.384 e. The summed E-state index contributed by atoms with van der Waals surface area (Å²) in [5, 5.41) is 0. The van der Waals surface area contributed by atoms with Gasteiger partial charge in [-0.3, -0.25) is 0 Å². The molecule has 2 rings (SSSR count). The van der Waals surface area contributed by atoms with Crippen molar-refractivity contribution in [3.05, 3.63) is 29.6 Å². The van der Waals surface area contributed by atoms with Gasteiger partial charge in [-0.1, -0.05) is 5.92 Å². The molecule has 0 saturated heterocycles. The van der Waals surface area contributed by atoms with Gasteiger partial charge in [0.05, 0.1) is 18.1 Å². The molecule has 0 aliphatic heterocycles. The van der Waals surface area contributed by atoms with Gasteiger partial charge < -0.3 is 9.72 Å². The number of aromatic amines is 1. The predicted octanol–water partition coefficient (Wildman–Crippen LogP) is 1.40. The highest BCUT2D eigenvalue weighted by Crippen LogP contribution is 2.12. The molecule has 0 aliphatic carbocycles. The van der Waals surface area contributed by atoms with Crippen LogP contribution in [0, 0.1) is 18.8 Å². The number of aromatic nitrogens is 2. The zero-order valence-electron chi connectivity index (χ0n) is 9.00. The van der Waals surface area contributed by atoms with E-state index in [1.807, 2.05) is 25.1 Å². The third kappa shape index (κ3) is 2.04. The second-order valence-corrected chi connectivity index (χ2v) is 3.30. The first kappa shape index (κ1) is 10.2. The molecule has 0 bridgehead atoms. The summed E-state index contributed by atoms with van der Waals surface area (Å²) in [6, 6.07) is 5.53. The fraction of sp³-hybridized carbons (Fsp3) is 0.167. The van der Waals surface area contributed by atoms with Crippen LogP contribution in [0.15, 0.2) is 18.2 Å². The molecule has 0 fully saturated rings. The Balaban J connectivity index is 2.38. The second kappa shape index (κ2) is 4.07. The molecule has 0 saturated carbocycles. The summed E-state index contributed by atoms with van der Waals surface area (Å²) in [5.74, 6) is 5.41. The Hall–Kier alpha value is -2.28. The molecule has 2 aromatic rings. The van der Waals surface area contributed by atoms with Crippen molar-refractivity contribution in [3.8, 4) is 11.8 Å². The maximum Gasteiger partial charge on any atom is 0.384 e. The summed E-state index contributed by atoms with van der Waals surface area (Å²) < 4.78 is 4.43. The second-order valence-electron chi connectivity index (χ2n) is 3.30. The Bertz CT molecular complexity index is 602. The summed E-state index contributed by atoms with van der Waals surface area (Å²) in [5.41, 5.74) is 2.55. The van der Waals surface area contributed by atoms with Crippen molar-refractivity contribution in [2.75, 3.05) is 7.11 Å². The van der Waals surface area contributed by atoms with Gasteiger partial charge in [0.25, 0.3) is 0 Å². The number of benzene rings is 1. The number of hydrogen-bond donors (Lipinski definition) is 1. The van der Waals surface area contributed by atoms with Gasteiger partial charge >= 0.3 is 5.97 Å². The lowest BCUT2D eigenvalue weighted by Crippen LogP contribution is -1.94. The quantitative estimate of drug-likeness (QED) is 0.532. The van der Waals surface area contributed by atoms with E-state index in [1.165, 1.54) is 7.11 Å². The van der Waals surface area contributed by atoms with E-state index in [9.17, 15) is 4.79 Å². The number of carbonyl (C=O) groups excluding carboxylic acids is 1. The number of carbonyl (C=O) groups is 1. The molecular formula is C12H10N2O2. The first-order valence-electron chi connectivity index (χ1n) is 4.75. The van der Waals surface area contributed by atoms with Crippen LogP contribution in [-0.2, 0) is 9.53 Å². The van der Waals surface area contributed by atoms with E-state index in [2.05, 4.69) is 26.5 Å². The van der Waals surface area contributed by atoms with E-state index in [4.69, 9.17) is 0 Å². The van der Waals surface area contributed by atoms with Gasteiger partial charge in [-0.15, -0.1) is 0 Å². The Morgan fingerprint density at radius 2 is 2.31 bits per heavy atom. The van der Waals surface area contributed by atoms with Gasteiger partial charge in [-0.25, -0.2) is 9.78 Å². The third-order valence-electron chi connectivity index (χ3n) is 2.09. The van der Waals surface area contributed by atoms with Gasteiger partial charge in [-0.2, -0.15) is 0 Å². The number of esters is 1. The molecule has 1 heterocycles. The average Bonchev–Trinajstić information content (AvgIpc) is 2.65. The summed E-state index contributed by atoms with van der Waals surface area (Å²) in [7, 11) is 1.30. The molecule has 0 atom stereocenters. The first-order chi connectivity index (χ1) is 7.69. The van der Waals surface area contributed by atoms with Gasteiger partial charge in [0, 0.05) is 11.5 Å². The maximum absolute atomic E-state index is 10.8. The molecule has 0 unspecified atom stereocenters. The summed E-state index contributed by atoms with van der Waals surface area (Å²) in [6.45, 7) is 1.89. The Kier molecular flexibility index (Phi) is 2.61. The van der Waals surface area contributed by atoms with Crippen LogP contribution in [0.5, 0.6) is 0 Å². The summed E-state index contributed by atoms with van der Waals surface area (Å²) >= 11 is 0. The molecule has 1 aromatic carbocycles. The van der Waals surface area contributed by atoms with E-state index in [1.54, 1.807) is 0 Å². The van der Waals surface area contributed by atoms with Gasteiger partial charge in [0.1, 0.15) is 5.82 Å². The summed E-state index contributed by atoms with van der Waals surface area (Å²) in [4.78, 5) is 18.2. The number of hydrogen-bond acceptors (Lipinski definition) is 3. The van der Waals surface area contributed by atoms with E-state index >= 15 is 0 Å². The lowest BCUT2D eigenvalue weighted by molar-refractivity contribution is -0.133. The van der Waals surface area contributed by atoms with Crippen LogP contribution in [0.2, 0.25) is 0 Å². The highest BCUT2D eigenvalue weighted by Gasteiger charge is 1.99. The van der Waals surface area contributed by atoms with Crippen molar-refractivity contribution in [2.45, 2.75) is 6.92 Å². The number of ether oxygens (including phenoxy) is 1. The number of nitrogens with zero attached hydrogens (tertiary/aromatic N) is 1. The van der Waals surface area contributed by atoms with E-state index in [0.717, 1.165) is 22.4 Å². The Labute approximate surface area is 92.6 Å². The van der Waals surface area contributed by atoms with Crippen molar-refractivity contribution >= 4 is 17.0 Å². The average molecular weight is 214 g/mol. The van der Waals surface area contributed by atoms with Crippen LogP contribution in [0.3, 0.4) is 0 Å².